The maximum absolute atomic E-state index is 11.2. The molecule has 1 aromatic carbocycles. The lowest BCUT2D eigenvalue weighted by Gasteiger charge is -2.36. The van der Waals surface area contributed by atoms with Gasteiger partial charge in [0.25, 0.3) is 0 Å². The molecule has 0 amide bonds. The average molecular weight is 340 g/mol. The molecule has 1 unspecified atom stereocenters. The summed E-state index contributed by atoms with van der Waals surface area (Å²) in [5, 5.41) is 0. The number of hydrogen-bond donors (Lipinski definition) is 1. The SMILES string of the molecule is COc1ccc(CCN2CCCCC2CCNS(C)(=O)=O)cc1. The second kappa shape index (κ2) is 8.66. The molecule has 1 heterocycles. The topological polar surface area (TPSA) is 58.6 Å². The number of benzene rings is 1. The van der Waals surface area contributed by atoms with Crippen molar-refractivity contribution < 1.29 is 13.2 Å². The Labute approximate surface area is 140 Å². The molecule has 1 N–H and O–H groups in total. The Morgan fingerprint density at radius 2 is 2.00 bits per heavy atom. The Morgan fingerprint density at radius 3 is 2.65 bits per heavy atom. The highest BCUT2D eigenvalue weighted by molar-refractivity contribution is 7.88. The van der Waals surface area contributed by atoms with E-state index in [1.165, 1.54) is 24.7 Å². The quantitative estimate of drug-likeness (QED) is 0.787. The fourth-order valence-electron chi connectivity index (χ4n) is 3.16. The Kier molecular flexibility index (Phi) is 6.87. The molecule has 23 heavy (non-hydrogen) atoms. The van der Waals surface area contributed by atoms with E-state index in [1.54, 1.807) is 7.11 Å². The molecular weight excluding hydrogens is 312 g/mol. The van der Waals surface area contributed by atoms with E-state index in [9.17, 15) is 8.42 Å². The van der Waals surface area contributed by atoms with Gasteiger partial charge in [-0.1, -0.05) is 18.6 Å². The molecule has 1 aliphatic heterocycles. The number of likely N-dealkylation sites (tertiary alicyclic amines) is 1. The molecule has 0 radical (unpaired) electrons. The van der Waals surface area contributed by atoms with Gasteiger partial charge in [0.2, 0.25) is 10.0 Å². The predicted molar refractivity (Wildman–Crippen MR) is 93.4 cm³/mol. The van der Waals surface area contributed by atoms with Gasteiger partial charge in [0, 0.05) is 19.1 Å². The maximum atomic E-state index is 11.2. The van der Waals surface area contributed by atoms with E-state index in [0.717, 1.165) is 38.1 Å². The monoisotopic (exact) mass is 340 g/mol. The van der Waals surface area contributed by atoms with Gasteiger partial charge in [0.05, 0.1) is 13.4 Å². The van der Waals surface area contributed by atoms with Gasteiger partial charge >= 0.3 is 0 Å². The number of sulfonamides is 1. The van der Waals surface area contributed by atoms with Gasteiger partial charge in [-0.2, -0.15) is 0 Å². The number of nitrogens with zero attached hydrogens (tertiary/aromatic N) is 1. The fourth-order valence-corrected chi connectivity index (χ4v) is 3.65. The smallest absolute Gasteiger partial charge is 0.208 e. The van der Waals surface area contributed by atoms with Crippen LogP contribution >= 0.6 is 0 Å². The zero-order valence-corrected chi connectivity index (χ0v) is 14.9. The van der Waals surface area contributed by atoms with Gasteiger partial charge in [-0.25, -0.2) is 13.1 Å². The molecule has 1 saturated heterocycles. The van der Waals surface area contributed by atoms with E-state index < -0.39 is 10.0 Å². The summed E-state index contributed by atoms with van der Waals surface area (Å²) < 4.78 is 30.2. The highest BCUT2D eigenvalue weighted by Crippen LogP contribution is 2.20. The third-order valence-electron chi connectivity index (χ3n) is 4.44. The molecule has 0 saturated carbocycles. The molecule has 5 nitrogen and oxygen atoms in total. The first-order valence-electron chi connectivity index (χ1n) is 8.29. The minimum atomic E-state index is -3.08. The summed E-state index contributed by atoms with van der Waals surface area (Å²) in [4.78, 5) is 2.51. The molecule has 1 aromatic rings. The standard InChI is InChI=1S/C17H28N2O3S/c1-22-17-8-6-15(7-9-17)11-14-19-13-4-3-5-16(19)10-12-18-23(2,20)21/h6-9,16,18H,3-5,10-14H2,1-2H3. The third kappa shape index (κ3) is 6.49. The lowest BCUT2D eigenvalue weighted by Crippen LogP contribution is -2.42. The van der Waals surface area contributed by atoms with Crippen LogP contribution < -0.4 is 9.46 Å². The van der Waals surface area contributed by atoms with Crippen molar-refractivity contribution in [3.05, 3.63) is 29.8 Å². The molecule has 0 aromatic heterocycles. The number of ether oxygens (including phenoxy) is 1. The first kappa shape index (κ1) is 18.2. The minimum Gasteiger partial charge on any atom is -0.497 e. The largest absolute Gasteiger partial charge is 0.497 e. The Bertz CT molecular complexity index is 572. The van der Waals surface area contributed by atoms with Gasteiger partial charge in [-0.15, -0.1) is 0 Å². The predicted octanol–water partition coefficient (Wildman–Crippen LogP) is 2.03. The average Bonchev–Trinajstić information content (AvgIpc) is 2.53. The number of piperidine rings is 1. The Balaban J connectivity index is 1.82. The van der Waals surface area contributed by atoms with Crippen molar-refractivity contribution in [3.63, 3.8) is 0 Å². The van der Waals surface area contributed by atoms with Gasteiger partial charge < -0.3 is 9.64 Å². The molecule has 130 valence electrons. The lowest BCUT2D eigenvalue weighted by atomic mass is 9.98. The second-order valence-electron chi connectivity index (χ2n) is 6.24. The summed E-state index contributed by atoms with van der Waals surface area (Å²) in [5.74, 6) is 0.886. The van der Waals surface area contributed by atoms with Gasteiger partial charge in [0.15, 0.2) is 0 Å². The van der Waals surface area contributed by atoms with Crippen molar-refractivity contribution in [1.82, 2.24) is 9.62 Å². The summed E-state index contributed by atoms with van der Waals surface area (Å²) in [5.41, 5.74) is 1.31. The van der Waals surface area contributed by atoms with Gasteiger partial charge in [0.1, 0.15) is 5.75 Å². The number of methoxy groups -OCH3 is 1. The highest BCUT2D eigenvalue weighted by atomic mass is 32.2. The highest BCUT2D eigenvalue weighted by Gasteiger charge is 2.21. The zero-order valence-electron chi connectivity index (χ0n) is 14.1. The van der Waals surface area contributed by atoms with Crippen LogP contribution in [-0.2, 0) is 16.4 Å². The van der Waals surface area contributed by atoms with Crippen LogP contribution in [0.1, 0.15) is 31.2 Å². The maximum Gasteiger partial charge on any atom is 0.208 e. The van der Waals surface area contributed by atoms with Gasteiger partial charge in [-0.3, -0.25) is 0 Å². The van der Waals surface area contributed by atoms with Crippen molar-refractivity contribution in [2.75, 3.05) is 33.0 Å². The third-order valence-corrected chi connectivity index (χ3v) is 5.17. The van der Waals surface area contributed by atoms with Crippen LogP contribution in [0.5, 0.6) is 5.75 Å². The molecule has 0 aliphatic carbocycles. The molecule has 6 heteroatoms. The lowest BCUT2D eigenvalue weighted by molar-refractivity contribution is 0.143. The number of nitrogens with one attached hydrogen (secondary N) is 1. The van der Waals surface area contributed by atoms with E-state index in [2.05, 4.69) is 21.8 Å². The fraction of sp³-hybridized carbons (Fsp3) is 0.647. The minimum absolute atomic E-state index is 0.483. The summed E-state index contributed by atoms with van der Waals surface area (Å²) >= 11 is 0. The Hall–Kier alpha value is -1.11. The second-order valence-corrected chi connectivity index (χ2v) is 8.07. The molecule has 1 aliphatic rings. The van der Waals surface area contributed by atoms with E-state index in [0.29, 0.717) is 12.6 Å². The van der Waals surface area contributed by atoms with E-state index in [4.69, 9.17) is 4.74 Å². The van der Waals surface area contributed by atoms with Crippen LogP contribution in [0.2, 0.25) is 0 Å². The van der Waals surface area contributed by atoms with Crippen molar-refractivity contribution in [2.24, 2.45) is 0 Å². The Morgan fingerprint density at radius 1 is 1.26 bits per heavy atom. The van der Waals surface area contributed by atoms with Crippen LogP contribution in [0.3, 0.4) is 0 Å². The molecular formula is C17H28N2O3S. The summed E-state index contributed by atoms with van der Waals surface area (Å²) in [7, 11) is -1.41. The van der Waals surface area contributed by atoms with Crippen LogP contribution in [-0.4, -0.2) is 52.4 Å². The zero-order chi connectivity index (χ0) is 16.7. The van der Waals surface area contributed by atoms with Crippen LogP contribution in [0.25, 0.3) is 0 Å². The summed E-state index contributed by atoms with van der Waals surface area (Å²) in [6.45, 7) is 2.66. The molecule has 1 atom stereocenters. The first-order chi connectivity index (χ1) is 11.0. The van der Waals surface area contributed by atoms with Gasteiger partial charge in [-0.05, 0) is 49.9 Å². The van der Waals surface area contributed by atoms with Crippen molar-refractivity contribution in [2.45, 2.75) is 38.1 Å². The normalized spacial score (nSPS) is 19.7. The number of rotatable bonds is 8. The van der Waals surface area contributed by atoms with Crippen LogP contribution in [0.15, 0.2) is 24.3 Å². The van der Waals surface area contributed by atoms with E-state index in [-0.39, 0.29) is 0 Å². The summed E-state index contributed by atoms with van der Waals surface area (Å²) in [6.07, 6.45) is 6.75. The first-order valence-corrected chi connectivity index (χ1v) is 10.2. The van der Waals surface area contributed by atoms with E-state index >= 15 is 0 Å². The van der Waals surface area contributed by atoms with Crippen LogP contribution in [0, 0.1) is 0 Å². The molecule has 0 bridgehead atoms. The molecule has 2 rings (SSSR count). The van der Waals surface area contributed by atoms with Crippen LogP contribution in [0.4, 0.5) is 0 Å². The molecule has 0 spiro atoms. The van der Waals surface area contributed by atoms with E-state index in [1.807, 2.05) is 12.1 Å². The number of hydrogen-bond acceptors (Lipinski definition) is 4. The summed E-state index contributed by atoms with van der Waals surface area (Å²) in [6, 6.07) is 8.71. The van der Waals surface area contributed by atoms with Crippen molar-refractivity contribution >= 4 is 10.0 Å². The van der Waals surface area contributed by atoms with Crippen molar-refractivity contribution in [1.29, 1.82) is 0 Å². The molecule has 1 fully saturated rings. The van der Waals surface area contributed by atoms with Crippen molar-refractivity contribution in [3.8, 4) is 5.75 Å².